The number of nitrogen functional groups attached to an aromatic ring is 1. The first-order valence-corrected chi connectivity index (χ1v) is 4.79. The number of aromatic nitrogens is 2. The van der Waals surface area contributed by atoms with Crippen molar-refractivity contribution in [3.05, 3.63) is 40.7 Å². The Balaban J connectivity index is 2.24. The normalized spacial score (nSPS) is 10.5. The molecule has 1 heterocycles. The Morgan fingerprint density at radius 2 is 1.87 bits per heavy atom. The summed E-state index contributed by atoms with van der Waals surface area (Å²) < 4.78 is 4.71. The van der Waals surface area contributed by atoms with Crippen molar-refractivity contribution in [1.82, 2.24) is 10.1 Å². The quantitative estimate of drug-likeness (QED) is 0.809. The van der Waals surface area contributed by atoms with Crippen LogP contribution in [0.5, 0.6) is 0 Å². The van der Waals surface area contributed by atoms with Crippen LogP contribution in [0.2, 0.25) is 0 Å². The second kappa shape index (κ2) is 3.73. The van der Waals surface area contributed by atoms with Gasteiger partial charge in [0.2, 0.25) is 0 Å². The van der Waals surface area contributed by atoms with Gasteiger partial charge in [0.15, 0.2) is 5.82 Å². The van der Waals surface area contributed by atoms with Gasteiger partial charge in [0.05, 0.1) is 0 Å². The van der Waals surface area contributed by atoms with Crippen LogP contribution in [0.3, 0.4) is 0 Å². The molecule has 0 atom stereocenters. The monoisotopic (exact) mass is 203 g/mol. The number of nitrogens with zero attached hydrogens (tertiary/aromatic N) is 2. The van der Waals surface area contributed by atoms with Crippen LogP contribution in [0.25, 0.3) is 0 Å². The van der Waals surface area contributed by atoms with Gasteiger partial charge in [-0.25, -0.2) is 0 Å². The Labute approximate surface area is 88.1 Å². The zero-order valence-electron chi connectivity index (χ0n) is 8.82. The number of anilines is 1. The lowest BCUT2D eigenvalue weighted by molar-refractivity contribution is 0.428. The molecule has 0 aliphatic heterocycles. The molecular weight excluding hydrogens is 190 g/mol. The molecule has 0 saturated heterocycles. The highest BCUT2D eigenvalue weighted by molar-refractivity contribution is 5.30. The molecule has 0 bridgehead atoms. The van der Waals surface area contributed by atoms with Crippen molar-refractivity contribution in [1.29, 1.82) is 0 Å². The minimum atomic E-state index is 0.120. The van der Waals surface area contributed by atoms with Crippen molar-refractivity contribution >= 4 is 6.01 Å². The molecule has 2 rings (SSSR count). The van der Waals surface area contributed by atoms with E-state index in [1.165, 1.54) is 16.7 Å². The smallest absolute Gasteiger partial charge is 0.318 e. The highest BCUT2D eigenvalue weighted by Gasteiger charge is 2.04. The van der Waals surface area contributed by atoms with Crippen molar-refractivity contribution in [2.75, 3.05) is 5.73 Å². The maximum absolute atomic E-state index is 5.35. The van der Waals surface area contributed by atoms with E-state index in [-0.39, 0.29) is 6.01 Å². The van der Waals surface area contributed by atoms with Gasteiger partial charge in [-0.2, -0.15) is 4.98 Å². The lowest BCUT2D eigenvalue weighted by Gasteiger charge is -2.01. The van der Waals surface area contributed by atoms with E-state index in [0.717, 1.165) is 0 Å². The van der Waals surface area contributed by atoms with E-state index in [0.29, 0.717) is 12.2 Å². The molecule has 0 fully saturated rings. The minimum Gasteiger partial charge on any atom is -0.351 e. The van der Waals surface area contributed by atoms with Crippen LogP contribution in [-0.4, -0.2) is 10.1 Å². The largest absolute Gasteiger partial charge is 0.351 e. The minimum absolute atomic E-state index is 0.120. The molecular formula is C11H13N3O. The molecule has 0 aliphatic rings. The van der Waals surface area contributed by atoms with Gasteiger partial charge in [-0.15, -0.1) is 0 Å². The fourth-order valence-electron chi connectivity index (χ4n) is 1.69. The third kappa shape index (κ3) is 2.34. The Morgan fingerprint density at radius 1 is 1.20 bits per heavy atom. The van der Waals surface area contributed by atoms with Crippen LogP contribution in [0.1, 0.15) is 22.5 Å². The average Bonchev–Trinajstić information content (AvgIpc) is 2.49. The van der Waals surface area contributed by atoms with Crippen LogP contribution in [0.15, 0.2) is 22.7 Å². The maximum Gasteiger partial charge on any atom is 0.318 e. The van der Waals surface area contributed by atoms with Gasteiger partial charge in [-0.1, -0.05) is 34.5 Å². The highest BCUT2D eigenvalue weighted by atomic mass is 16.5. The van der Waals surface area contributed by atoms with E-state index in [9.17, 15) is 0 Å². The van der Waals surface area contributed by atoms with E-state index in [1.54, 1.807) is 0 Å². The zero-order valence-corrected chi connectivity index (χ0v) is 8.82. The zero-order chi connectivity index (χ0) is 10.8. The molecule has 0 unspecified atom stereocenters. The molecule has 15 heavy (non-hydrogen) atoms. The van der Waals surface area contributed by atoms with Gasteiger partial charge in [0.25, 0.3) is 0 Å². The standard InChI is InChI=1S/C11H13N3O/c1-7-3-8(2)5-9(4-7)6-10-13-11(12)15-14-10/h3-5H,6H2,1-2H3,(H2,12,13,14). The van der Waals surface area contributed by atoms with Gasteiger partial charge < -0.3 is 10.3 Å². The van der Waals surface area contributed by atoms with Crippen LogP contribution in [0.4, 0.5) is 6.01 Å². The molecule has 1 aromatic carbocycles. The van der Waals surface area contributed by atoms with E-state index in [4.69, 9.17) is 10.3 Å². The molecule has 0 amide bonds. The fourth-order valence-corrected chi connectivity index (χ4v) is 1.69. The van der Waals surface area contributed by atoms with Crippen LogP contribution >= 0.6 is 0 Å². The lowest BCUT2D eigenvalue weighted by atomic mass is 10.1. The second-order valence-corrected chi connectivity index (χ2v) is 3.72. The molecule has 0 radical (unpaired) electrons. The number of rotatable bonds is 2. The number of benzene rings is 1. The Hall–Kier alpha value is -1.84. The highest BCUT2D eigenvalue weighted by Crippen LogP contribution is 2.12. The SMILES string of the molecule is Cc1cc(C)cc(Cc2noc(N)n2)c1. The molecule has 0 saturated carbocycles. The van der Waals surface area contributed by atoms with Crippen molar-refractivity contribution in [2.24, 2.45) is 0 Å². The summed E-state index contributed by atoms with van der Waals surface area (Å²) in [7, 11) is 0. The first-order chi connectivity index (χ1) is 7.13. The van der Waals surface area contributed by atoms with Gasteiger partial charge >= 0.3 is 6.01 Å². The predicted octanol–water partition coefficient (Wildman–Crippen LogP) is 1.86. The summed E-state index contributed by atoms with van der Waals surface area (Å²) in [6.07, 6.45) is 0.656. The van der Waals surface area contributed by atoms with Gasteiger partial charge in [-0.05, 0) is 19.4 Å². The first-order valence-electron chi connectivity index (χ1n) is 4.79. The molecule has 0 aliphatic carbocycles. The molecule has 4 nitrogen and oxygen atoms in total. The number of aryl methyl sites for hydroxylation is 2. The van der Waals surface area contributed by atoms with Gasteiger partial charge in [-0.3, -0.25) is 0 Å². The summed E-state index contributed by atoms with van der Waals surface area (Å²) in [5.41, 5.74) is 9.00. The molecule has 4 heteroatoms. The van der Waals surface area contributed by atoms with Gasteiger partial charge in [0, 0.05) is 6.42 Å². The molecule has 0 spiro atoms. The summed E-state index contributed by atoms with van der Waals surface area (Å²) in [5.74, 6) is 0.623. The van der Waals surface area contributed by atoms with Gasteiger partial charge in [0.1, 0.15) is 0 Å². The Bertz CT molecular complexity index is 456. The summed E-state index contributed by atoms with van der Waals surface area (Å²) in [4.78, 5) is 3.97. The van der Waals surface area contributed by atoms with Crippen molar-refractivity contribution < 1.29 is 4.52 Å². The average molecular weight is 203 g/mol. The number of nitrogens with two attached hydrogens (primary N) is 1. The Morgan fingerprint density at radius 3 is 2.40 bits per heavy atom. The van der Waals surface area contributed by atoms with Crippen molar-refractivity contribution in [2.45, 2.75) is 20.3 Å². The first kappa shape index (κ1) is 9.71. The second-order valence-electron chi connectivity index (χ2n) is 3.72. The molecule has 78 valence electrons. The third-order valence-corrected chi connectivity index (χ3v) is 2.13. The molecule has 2 N–H and O–H groups in total. The topological polar surface area (TPSA) is 64.9 Å². The van der Waals surface area contributed by atoms with Crippen LogP contribution in [-0.2, 0) is 6.42 Å². The number of hydrogen-bond acceptors (Lipinski definition) is 4. The van der Waals surface area contributed by atoms with E-state index < -0.39 is 0 Å². The summed E-state index contributed by atoms with van der Waals surface area (Å²) in [6.45, 7) is 4.14. The van der Waals surface area contributed by atoms with Crippen LogP contribution in [0, 0.1) is 13.8 Å². The molecule has 1 aromatic heterocycles. The third-order valence-electron chi connectivity index (χ3n) is 2.13. The molecule has 2 aromatic rings. The van der Waals surface area contributed by atoms with Crippen LogP contribution < -0.4 is 5.73 Å². The fraction of sp³-hybridized carbons (Fsp3) is 0.273. The van der Waals surface area contributed by atoms with Crippen molar-refractivity contribution in [3.63, 3.8) is 0 Å². The van der Waals surface area contributed by atoms with E-state index in [1.807, 2.05) is 0 Å². The predicted molar refractivity (Wildman–Crippen MR) is 57.4 cm³/mol. The number of hydrogen-bond donors (Lipinski definition) is 1. The summed E-state index contributed by atoms with van der Waals surface area (Å²) >= 11 is 0. The lowest BCUT2D eigenvalue weighted by Crippen LogP contribution is -1.93. The van der Waals surface area contributed by atoms with Crippen molar-refractivity contribution in [3.8, 4) is 0 Å². The summed E-state index contributed by atoms with van der Waals surface area (Å²) in [5, 5.41) is 3.76. The van der Waals surface area contributed by atoms with E-state index >= 15 is 0 Å². The van der Waals surface area contributed by atoms with E-state index in [2.05, 4.69) is 42.2 Å². The summed E-state index contributed by atoms with van der Waals surface area (Å²) in [6, 6.07) is 6.47. The Kier molecular flexibility index (Phi) is 2.41. The maximum atomic E-state index is 5.35.